The molecule has 1 N–H and O–H groups in total. The minimum atomic E-state index is -0.795. The molecule has 0 bridgehead atoms. The Balaban J connectivity index is 1.43. The molecule has 3 aliphatic rings. The van der Waals surface area contributed by atoms with Gasteiger partial charge in [0.2, 0.25) is 0 Å². The van der Waals surface area contributed by atoms with Crippen LogP contribution in [-0.4, -0.2) is 58.2 Å². The largest absolute Gasteiger partial charge is 0.465 e. The van der Waals surface area contributed by atoms with E-state index >= 15 is 0 Å². The Morgan fingerprint density at radius 3 is 2.68 bits per heavy atom. The van der Waals surface area contributed by atoms with Gasteiger partial charge in [0, 0.05) is 49.4 Å². The summed E-state index contributed by atoms with van der Waals surface area (Å²) in [5, 5.41) is 10.3. The highest BCUT2D eigenvalue weighted by molar-refractivity contribution is 7.11. The van der Waals surface area contributed by atoms with Gasteiger partial charge in [-0.15, -0.1) is 11.3 Å². The number of likely N-dealkylation sites (tertiary alicyclic amines) is 1. The second kappa shape index (κ2) is 5.81. The summed E-state index contributed by atoms with van der Waals surface area (Å²) in [5.74, 6) is 0.316. The molecule has 1 amide bonds. The van der Waals surface area contributed by atoms with Gasteiger partial charge < -0.3 is 10.0 Å². The molecule has 1 saturated heterocycles. The Kier molecular flexibility index (Phi) is 3.82. The van der Waals surface area contributed by atoms with Gasteiger partial charge in [0.25, 0.3) is 0 Å². The molecule has 1 unspecified atom stereocenters. The van der Waals surface area contributed by atoms with Crippen molar-refractivity contribution in [1.82, 2.24) is 14.8 Å². The van der Waals surface area contributed by atoms with Crippen LogP contribution in [0.5, 0.6) is 0 Å². The zero-order chi connectivity index (χ0) is 15.1. The van der Waals surface area contributed by atoms with Gasteiger partial charge in [-0.3, -0.25) is 4.90 Å². The van der Waals surface area contributed by atoms with E-state index in [1.807, 2.05) is 11.3 Å². The highest BCUT2D eigenvalue weighted by atomic mass is 32.1. The maximum absolute atomic E-state index is 11.1. The summed E-state index contributed by atoms with van der Waals surface area (Å²) in [5.41, 5.74) is 1.29. The molecule has 3 heterocycles. The average molecular weight is 321 g/mol. The van der Waals surface area contributed by atoms with Gasteiger partial charge in [-0.25, -0.2) is 9.78 Å². The van der Waals surface area contributed by atoms with Gasteiger partial charge in [-0.1, -0.05) is 6.42 Å². The number of rotatable bonds is 2. The Morgan fingerprint density at radius 1 is 1.18 bits per heavy atom. The average Bonchev–Trinajstić information content (AvgIpc) is 3.03. The molecule has 1 aromatic rings. The molecule has 0 spiro atoms. The monoisotopic (exact) mass is 321 g/mol. The lowest BCUT2D eigenvalue weighted by molar-refractivity contribution is 0.133. The normalized spacial score (nSPS) is 26.5. The molecule has 2 aliphatic heterocycles. The zero-order valence-corrected chi connectivity index (χ0v) is 13.6. The topological polar surface area (TPSA) is 56.7 Å². The predicted octanol–water partition coefficient (Wildman–Crippen LogP) is 2.56. The number of amides is 1. The van der Waals surface area contributed by atoms with E-state index in [9.17, 15) is 4.79 Å². The number of carboxylic acid groups (broad SMARTS) is 1. The maximum Gasteiger partial charge on any atom is 0.407 e. The molecule has 0 aromatic carbocycles. The van der Waals surface area contributed by atoms with E-state index in [4.69, 9.17) is 10.1 Å². The number of aromatic nitrogens is 1. The van der Waals surface area contributed by atoms with Crippen molar-refractivity contribution in [1.29, 1.82) is 0 Å². The first-order valence-electron chi connectivity index (χ1n) is 8.41. The van der Waals surface area contributed by atoms with Crippen molar-refractivity contribution >= 4 is 17.4 Å². The first-order valence-corrected chi connectivity index (χ1v) is 9.23. The summed E-state index contributed by atoms with van der Waals surface area (Å²) in [7, 11) is 0. The van der Waals surface area contributed by atoms with Gasteiger partial charge in [-0.05, 0) is 25.7 Å². The van der Waals surface area contributed by atoms with E-state index in [-0.39, 0.29) is 0 Å². The van der Waals surface area contributed by atoms with Gasteiger partial charge in [0.1, 0.15) is 0 Å². The second-order valence-corrected chi connectivity index (χ2v) is 7.87. The summed E-state index contributed by atoms with van der Waals surface area (Å²) >= 11 is 1.84. The standard InChI is InChI=1S/C16H23N3O2S/c20-16(21)19-7-4-11(10-19)15-17-13-5-8-18(12-2-1-3-12)9-6-14(13)22-15/h11-12H,1-10H2,(H,20,21). The van der Waals surface area contributed by atoms with Crippen molar-refractivity contribution < 1.29 is 9.90 Å². The summed E-state index contributed by atoms with van der Waals surface area (Å²) in [6.45, 7) is 3.59. The quantitative estimate of drug-likeness (QED) is 0.909. The van der Waals surface area contributed by atoms with Crippen molar-refractivity contribution in [3.8, 4) is 0 Å². The van der Waals surface area contributed by atoms with Crippen LogP contribution in [0.3, 0.4) is 0 Å². The molecule has 4 rings (SSSR count). The highest BCUT2D eigenvalue weighted by Crippen LogP contribution is 2.34. The molecule has 1 aliphatic carbocycles. The Morgan fingerprint density at radius 2 is 2.00 bits per heavy atom. The van der Waals surface area contributed by atoms with Crippen molar-refractivity contribution in [3.63, 3.8) is 0 Å². The fourth-order valence-electron chi connectivity index (χ4n) is 3.83. The number of fused-ring (bicyclic) bond motifs is 1. The third-order valence-corrected chi connectivity index (χ3v) is 6.78. The molecular formula is C16H23N3O2S. The van der Waals surface area contributed by atoms with Crippen LogP contribution in [0.2, 0.25) is 0 Å². The molecule has 1 aromatic heterocycles. The fraction of sp³-hybridized carbons (Fsp3) is 0.750. The van der Waals surface area contributed by atoms with Crippen LogP contribution in [0.1, 0.15) is 47.2 Å². The number of hydrogen-bond donors (Lipinski definition) is 1. The van der Waals surface area contributed by atoms with E-state index in [0.717, 1.165) is 31.8 Å². The summed E-state index contributed by atoms with van der Waals surface area (Å²) in [4.78, 5) is 21.6. The Labute approximate surface area is 134 Å². The van der Waals surface area contributed by atoms with Crippen LogP contribution in [-0.2, 0) is 12.8 Å². The fourth-order valence-corrected chi connectivity index (χ4v) is 5.05. The molecule has 120 valence electrons. The molecule has 6 heteroatoms. The second-order valence-electron chi connectivity index (χ2n) is 6.76. The van der Waals surface area contributed by atoms with E-state index in [1.165, 1.54) is 46.3 Å². The van der Waals surface area contributed by atoms with Crippen molar-refractivity contribution in [3.05, 3.63) is 15.6 Å². The maximum atomic E-state index is 11.1. The summed E-state index contributed by atoms with van der Waals surface area (Å²) in [6, 6.07) is 0.826. The molecule has 0 radical (unpaired) electrons. The Hall–Kier alpha value is -1.14. The smallest absolute Gasteiger partial charge is 0.407 e. The van der Waals surface area contributed by atoms with Crippen LogP contribution in [0.25, 0.3) is 0 Å². The number of nitrogens with zero attached hydrogens (tertiary/aromatic N) is 3. The minimum Gasteiger partial charge on any atom is -0.465 e. The first kappa shape index (κ1) is 14.5. The third kappa shape index (κ3) is 2.63. The zero-order valence-electron chi connectivity index (χ0n) is 12.8. The predicted molar refractivity (Wildman–Crippen MR) is 85.7 cm³/mol. The lowest BCUT2D eigenvalue weighted by Gasteiger charge is -2.36. The molecule has 22 heavy (non-hydrogen) atoms. The van der Waals surface area contributed by atoms with E-state index in [0.29, 0.717) is 19.0 Å². The van der Waals surface area contributed by atoms with E-state index in [2.05, 4.69) is 4.90 Å². The third-order valence-electron chi connectivity index (χ3n) is 5.46. The SMILES string of the molecule is O=C(O)N1CCC(c2nc3c(s2)CCN(C2CCC2)CC3)C1. The summed E-state index contributed by atoms with van der Waals surface area (Å²) < 4.78 is 0. The molecule has 1 atom stereocenters. The van der Waals surface area contributed by atoms with Crippen molar-refractivity contribution in [2.45, 2.75) is 50.5 Å². The van der Waals surface area contributed by atoms with Crippen molar-refractivity contribution in [2.75, 3.05) is 26.2 Å². The van der Waals surface area contributed by atoms with Crippen molar-refractivity contribution in [2.24, 2.45) is 0 Å². The van der Waals surface area contributed by atoms with Crippen LogP contribution < -0.4 is 0 Å². The molecule has 2 fully saturated rings. The number of carbonyl (C=O) groups is 1. The van der Waals surface area contributed by atoms with Crippen LogP contribution >= 0.6 is 11.3 Å². The number of hydrogen-bond acceptors (Lipinski definition) is 4. The number of thiazole rings is 1. The van der Waals surface area contributed by atoms with Gasteiger partial charge in [-0.2, -0.15) is 0 Å². The lowest BCUT2D eigenvalue weighted by atomic mass is 9.91. The van der Waals surface area contributed by atoms with E-state index < -0.39 is 6.09 Å². The van der Waals surface area contributed by atoms with Gasteiger partial charge in [0.05, 0.1) is 10.7 Å². The molecular weight excluding hydrogens is 298 g/mol. The van der Waals surface area contributed by atoms with E-state index in [1.54, 1.807) is 0 Å². The molecule has 5 nitrogen and oxygen atoms in total. The van der Waals surface area contributed by atoms with Crippen LogP contribution in [0.15, 0.2) is 0 Å². The van der Waals surface area contributed by atoms with Gasteiger partial charge >= 0.3 is 6.09 Å². The van der Waals surface area contributed by atoms with Crippen LogP contribution in [0, 0.1) is 0 Å². The highest BCUT2D eigenvalue weighted by Gasteiger charge is 2.31. The lowest BCUT2D eigenvalue weighted by Crippen LogP contribution is -2.41. The first-order chi connectivity index (χ1) is 10.7. The summed E-state index contributed by atoms with van der Waals surface area (Å²) in [6.07, 6.45) is 6.46. The van der Waals surface area contributed by atoms with Crippen LogP contribution in [0.4, 0.5) is 4.79 Å². The van der Waals surface area contributed by atoms with Gasteiger partial charge in [0.15, 0.2) is 0 Å². The molecule has 1 saturated carbocycles. The minimum absolute atomic E-state index is 0.316. The Bertz CT molecular complexity index is 544.